The Hall–Kier alpha value is -3.09. The normalized spacial score (nSPS) is 18.5. The third-order valence-electron chi connectivity index (χ3n) is 4.79. The maximum atomic E-state index is 12.5. The lowest BCUT2D eigenvalue weighted by Crippen LogP contribution is -2.34. The molecule has 0 aliphatic heterocycles. The monoisotopic (exact) mass is 479 g/mol. The number of amides is 1. The predicted octanol–water partition coefficient (Wildman–Crippen LogP) is 4.47. The van der Waals surface area contributed by atoms with Crippen LogP contribution in [0.3, 0.4) is 0 Å². The Morgan fingerprint density at radius 3 is 2.39 bits per heavy atom. The van der Waals surface area contributed by atoms with Crippen molar-refractivity contribution in [2.75, 3.05) is 13.2 Å². The number of alkyl halides is 6. The summed E-state index contributed by atoms with van der Waals surface area (Å²) in [6.45, 7) is 3.53. The van der Waals surface area contributed by atoms with Crippen LogP contribution in [0.25, 0.3) is 5.57 Å². The summed E-state index contributed by atoms with van der Waals surface area (Å²) in [5, 5.41) is 10.2. The summed E-state index contributed by atoms with van der Waals surface area (Å²) in [7, 11) is 0. The number of ether oxygens (including phenoxy) is 2. The molecule has 1 aromatic heterocycles. The number of nitrogens with zero attached hydrogens (tertiary/aromatic N) is 2. The molecule has 1 amide bonds. The second-order valence-electron chi connectivity index (χ2n) is 7.31. The number of benzene rings is 1. The largest absolute Gasteiger partial charge is 0.522 e. The fourth-order valence-electron chi connectivity index (χ4n) is 2.99. The fraction of sp³-hybridized carbons (Fsp3) is 0.450. The minimum absolute atomic E-state index is 0.111. The lowest BCUT2D eigenvalue weighted by Gasteiger charge is -2.32. The average molecular weight is 479 g/mol. The molecule has 13 heteroatoms. The van der Waals surface area contributed by atoms with Gasteiger partial charge in [-0.05, 0) is 43.5 Å². The van der Waals surface area contributed by atoms with Crippen LogP contribution in [0.2, 0.25) is 0 Å². The molecular formula is C20H19F6N3O4. The molecule has 0 atom stereocenters. The number of carbonyl (C=O) groups is 1. The van der Waals surface area contributed by atoms with Crippen LogP contribution in [0.4, 0.5) is 26.3 Å². The minimum atomic E-state index is -4.68. The molecule has 0 unspecified atom stereocenters. The fourth-order valence-corrected chi connectivity index (χ4v) is 2.99. The van der Waals surface area contributed by atoms with Crippen LogP contribution >= 0.6 is 0 Å². The van der Waals surface area contributed by atoms with Gasteiger partial charge >= 0.3 is 12.5 Å². The van der Waals surface area contributed by atoms with Crippen molar-refractivity contribution in [1.82, 2.24) is 15.5 Å². The van der Waals surface area contributed by atoms with Crippen molar-refractivity contribution in [3.63, 3.8) is 0 Å². The van der Waals surface area contributed by atoms with E-state index in [1.807, 2.05) is 0 Å². The number of rotatable bonds is 9. The summed E-state index contributed by atoms with van der Waals surface area (Å²) in [5.74, 6) is -0.407. The van der Waals surface area contributed by atoms with Gasteiger partial charge in [0, 0.05) is 18.0 Å². The molecule has 0 radical (unpaired) electrons. The number of halogens is 6. The van der Waals surface area contributed by atoms with Gasteiger partial charge in [0.15, 0.2) is 6.61 Å². The van der Waals surface area contributed by atoms with E-state index in [0.29, 0.717) is 5.57 Å². The lowest BCUT2D eigenvalue weighted by molar-refractivity contribution is -0.352. The Labute approximate surface area is 183 Å². The topological polar surface area (TPSA) is 86.5 Å². The Kier molecular flexibility index (Phi) is 7.30. The molecule has 1 aliphatic rings. The minimum Gasteiger partial charge on any atom is -0.484 e. The van der Waals surface area contributed by atoms with E-state index in [9.17, 15) is 31.1 Å². The first-order valence-electron chi connectivity index (χ1n) is 9.73. The summed E-state index contributed by atoms with van der Waals surface area (Å²) in [5.41, 5.74) is -0.408. The van der Waals surface area contributed by atoms with Gasteiger partial charge in [0.1, 0.15) is 5.75 Å². The Balaban J connectivity index is 1.35. The van der Waals surface area contributed by atoms with E-state index in [4.69, 9.17) is 9.15 Å². The van der Waals surface area contributed by atoms with E-state index >= 15 is 0 Å². The van der Waals surface area contributed by atoms with E-state index < -0.39 is 36.7 Å². The Morgan fingerprint density at radius 1 is 1.12 bits per heavy atom. The maximum absolute atomic E-state index is 12.5. The highest BCUT2D eigenvalue weighted by Gasteiger charge is 2.42. The molecule has 1 saturated carbocycles. The van der Waals surface area contributed by atoms with Gasteiger partial charge in [-0.15, -0.1) is 23.4 Å². The van der Waals surface area contributed by atoms with Crippen LogP contribution in [0.1, 0.15) is 42.5 Å². The summed E-state index contributed by atoms with van der Waals surface area (Å²) in [6, 6.07) is 3.93. The predicted molar refractivity (Wildman–Crippen MR) is 101 cm³/mol. The lowest BCUT2D eigenvalue weighted by atomic mass is 9.82. The number of carbonyl (C=O) groups excluding carboxylic acids is 1. The van der Waals surface area contributed by atoms with Gasteiger partial charge in [-0.25, -0.2) is 0 Å². The van der Waals surface area contributed by atoms with E-state index in [0.717, 1.165) is 24.3 Å². The van der Waals surface area contributed by atoms with Gasteiger partial charge < -0.3 is 14.5 Å². The van der Waals surface area contributed by atoms with Gasteiger partial charge in [-0.3, -0.25) is 9.53 Å². The van der Waals surface area contributed by atoms with Crippen molar-refractivity contribution < 1.29 is 45.0 Å². The number of hydrogen-bond donors (Lipinski definition) is 1. The second kappa shape index (κ2) is 9.81. The molecule has 0 spiro atoms. The highest BCUT2D eigenvalue weighted by atomic mass is 19.4. The number of nitrogens with one attached hydrogen (secondary N) is 1. The third kappa shape index (κ3) is 7.20. The van der Waals surface area contributed by atoms with E-state index in [1.54, 1.807) is 0 Å². The highest BCUT2D eigenvalue weighted by Crippen LogP contribution is 2.41. The van der Waals surface area contributed by atoms with Crippen LogP contribution < -0.4 is 10.1 Å². The van der Waals surface area contributed by atoms with Gasteiger partial charge in [0.25, 0.3) is 5.91 Å². The third-order valence-corrected chi connectivity index (χ3v) is 4.79. The Morgan fingerprint density at radius 2 is 1.79 bits per heavy atom. The van der Waals surface area contributed by atoms with Crippen molar-refractivity contribution in [2.45, 2.75) is 43.8 Å². The second-order valence-corrected chi connectivity index (χ2v) is 7.31. The van der Waals surface area contributed by atoms with E-state index in [-0.39, 0.29) is 49.3 Å². The quantitative estimate of drug-likeness (QED) is 0.535. The highest BCUT2D eigenvalue weighted by molar-refractivity contribution is 5.77. The van der Waals surface area contributed by atoms with Crippen LogP contribution in [0.15, 0.2) is 35.3 Å². The SMILES string of the molecule is C=C(CCNC(=O)COc1ccc(C(F)(F)F)cc1)c1nnc(C2CC(OC(F)(F)F)C2)o1. The van der Waals surface area contributed by atoms with Crippen LogP contribution in [-0.4, -0.2) is 41.7 Å². The molecule has 0 saturated heterocycles. The van der Waals surface area contributed by atoms with Gasteiger partial charge in [0.2, 0.25) is 11.8 Å². The first-order valence-corrected chi connectivity index (χ1v) is 9.73. The first-order chi connectivity index (χ1) is 15.4. The van der Waals surface area contributed by atoms with Crippen molar-refractivity contribution in [3.8, 4) is 5.75 Å². The van der Waals surface area contributed by atoms with Crippen molar-refractivity contribution in [2.24, 2.45) is 0 Å². The smallest absolute Gasteiger partial charge is 0.484 e. The molecule has 1 fully saturated rings. The molecule has 0 bridgehead atoms. The molecule has 2 aromatic rings. The first kappa shape index (κ1) is 24.6. The Bertz CT molecular complexity index is 965. The van der Waals surface area contributed by atoms with Gasteiger partial charge in [-0.1, -0.05) is 6.58 Å². The summed E-state index contributed by atoms with van der Waals surface area (Å²) >= 11 is 0. The molecule has 7 nitrogen and oxygen atoms in total. The van der Waals surface area contributed by atoms with Crippen molar-refractivity contribution in [3.05, 3.63) is 48.2 Å². The number of hydrogen-bond acceptors (Lipinski definition) is 6. The van der Waals surface area contributed by atoms with Gasteiger partial charge in [0.05, 0.1) is 11.7 Å². The molecule has 1 aliphatic carbocycles. The van der Waals surface area contributed by atoms with Crippen LogP contribution in [0, 0.1) is 0 Å². The molecule has 33 heavy (non-hydrogen) atoms. The molecule has 180 valence electrons. The summed E-state index contributed by atoms with van der Waals surface area (Å²) in [4.78, 5) is 11.8. The van der Waals surface area contributed by atoms with Gasteiger partial charge in [-0.2, -0.15) is 13.2 Å². The standard InChI is InChI=1S/C20H19F6N3O4/c1-11(17-28-29-18(32-17)12-8-15(9-12)33-20(24,25)26)6-7-27-16(30)10-31-14-4-2-13(3-5-14)19(21,22)23/h2-5,12,15H,1,6-10H2,(H,27,30). The van der Waals surface area contributed by atoms with Crippen LogP contribution in [0.5, 0.6) is 5.75 Å². The van der Waals surface area contributed by atoms with Crippen molar-refractivity contribution in [1.29, 1.82) is 0 Å². The van der Waals surface area contributed by atoms with E-state index in [1.165, 1.54) is 0 Å². The zero-order chi connectivity index (χ0) is 24.2. The molecule has 1 heterocycles. The van der Waals surface area contributed by atoms with Crippen molar-refractivity contribution >= 4 is 11.5 Å². The number of aromatic nitrogens is 2. The average Bonchev–Trinajstić information content (AvgIpc) is 3.17. The summed E-state index contributed by atoms with van der Waals surface area (Å²) < 4.78 is 88.6. The molecule has 1 N–H and O–H groups in total. The van der Waals surface area contributed by atoms with Crippen LogP contribution in [-0.2, 0) is 15.7 Å². The molecule has 3 rings (SSSR count). The molecule has 1 aromatic carbocycles. The zero-order valence-corrected chi connectivity index (χ0v) is 17.0. The summed E-state index contributed by atoms with van der Waals surface area (Å²) in [6.07, 6.45) is -9.60. The van der Waals surface area contributed by atoms with E-state index in [2.05, 4.69) is 26.8 Å². The maximum Gasteiger partial charge on any atom is 0.522 e. The zero-order valence-electron chi connectivity index (χ0n) is 17.0. The molecular weight excluding hydrogens is 460 g/mol.